The number of carboxylic acid groups (broad SMARTS) is 1. The molecule has 1 aromatic carbocycles. The van der Waals surface area contributed by atoms with Crippen LogP contribution in [0.5, 0.6) is 0 Å². The van der Waals surface area contributed by atoms with Crippen LogP contribution in [0.15, 0.2) is 46.4 Å². The van der Waals surface area contributed by atoms with Crippen molar-refractivity contribution >= 4 is 21.8 Å². The molecular formula is C11H9F2NO2S. The Morgan fingerprint density at radius 2 is 1.94 bits per heavy atom. The molecule has 0 bridgehead atoms. The molecule has 0 spiro atoms. The first-order valence-corrected chi connectivity index (χ1v) is 6.28. The van der Waals surface area contributed by atoms with Gasteiger partial charge >= 0.3 is 5.97 Å². The first-order chi connectivity index (χ1) is 7.99. The number of aliphatic imine (C=N–C) groups is 1. The van der Waals surface area contributed by atoms with Crippen LogP contribution in [-0.2, 0) is 11.2 Å². The van der Waals surface area contributed by atoms with Crippen molar-refractivity contribution in [1.82, 2.24) is 0 Å². The Labute approximate surface area is 98.4 Å². The third-order valence-corrected chi connectivity index (χ3v) is 3.55. The zero-order chi connectivity index (χ0) is 12.5. The lowest BCUT2D eigenvalue weighted by molar-refractivity contribution is -0.129. The monoisotopic (exact) mass is 257 g/mol. The number of carbonyl (C=O) groups is 1. The third-order valence-electron chi connectivity index (χ3n) is 2.20. The van der Waals surface area contributed by atoms with E-state index >= 15 is 0 Å². The molecule has 0 aliphatic carbocycles. The Morgan fingerprint density at radius 3 is 2.47 bits per heavy atom. The van der Waals surface area contributed by atoms with Gasteiger partial charge in [0.05, 0.1) is 5.70 Å². The highest BCUT2D eigenvalue weighted by molar-refractivity contribution is 8.41. The molecule has 1 aromatic rings. The molecule has 90 valence electrons. The highest BCUT2D eigenvalue weighted by atomic mass is 32.3. The van der Waals surface area contributed by atoms with Crippen LogP contribution in [0.25, 0.3) is 0 Å². The van der Waals surface area contributed by atoms with E-state index < -0.39 is 21.8 Å². The summed E-state index contributed by atoms with van der Waals surface area (Å²) in [6.45, 7) is 0. The number of hydrogen-bond donors (Lipinski definition) is 1. The van der Waals surface area contributed by atoms with Crippen LogP contribution in [0.4, 0.5) is 7.77 Å². The van der Waals surface area contributed by atoms with Crippen molar-refractivity contribution in [3.63, 3.8) is 0 Å². The summed E-state index contributed by atoms with van der Waals surface area (Å²) in [7, 11) is -4.37. The van der Waals surface area contributed by atoms with E-state index in [2.05, 4.69) is 4.99 Å². The van der Waals surface area contributed by atoms with Gasteiger partial charge in [-0.3, -0.25) is 0 Å². The van der Waals surface area contributed by atoms with E-state index in [0.717, 1.165) is 5.56 Å². The lowest BCUT2D eigenvalue weighted by atomic mass is 10.1. The van der Waals surface area contributed by atoms with Crippen LogP contribution < -0.4 is 0 Å². The number of nitrogens with zero attached hydrogens (tertiary/aromatic N) is 1. The number of halogens is 2. The normalized spacial score (nSPS) is 19.4. The van der Waals surface area contributed by atoms with Gasteiger partial charge in [-0.15, -0.1) is 7.77 Å². The summed E-state index contributed by atoms with van der Waals surface area (Å²) in [5.41, 5.74) is 0.943. The van der Waals surface area contributed by atoms with E-state index in [0.29, 0.717) is 5.41 Å². The second-order valence-corrected chi connectivity index (χ2v) is 5.14. The summed E-state index contributed by atoms with van der Waals surface area (Å²) in [4.78, 5) is 14.1. The van der Waals surface area contributed by atoms with Crippen molar-refractivity contribution in [2.75, 3.05) is 0 Å². The molecule has 0 saturated carbocycles. The average molecular weight is 257 g/mol. The van der Waals surface area contributed by atoms with Crippen LogP contribution in [0.1, 0.15) is 5.56 Å². The highest BCUT2D eigenvalue weighted by Gasteiger charge is 2.38. The number of hydrogen-bond acceptors (Lipinski definition) is 2. The van der Waals surface area contributed by atoms with Gasteiger partial charge in [0.1, 0.15) is 10.8 Å². The minimum Gasteiger partial charge on any atom is -0.476 e. The molecule has 17 heavy (non-hydrogen) atoms. The number of rotatable bonds is 3. The van der Waals surface area contributed by atoms with Gasteiger partial charge < -0.3 is 5.11 Å². The molecule has 3 nitrogen and oxygen atoms in total. The number of carboxylic acids is 1. The van der Waals surface area contributed by atoms with Gasteiger partial charge in [-0.2, -0.15) is 0 Å². The van der Waals surface area contributed by atoms with E-state index in [1.54, 1.807) is 24.3 Å². The van der Waals surface area contributed by atoms with Crippen molar-refractivity contribution in [3.8, 4) is 0 Å². The summed E-state index contributed by atoms with van der Waals surface area (Å²) < 4.78 is 26.6. The lowest BCUT2D eigenvalue weighted by Gasteiger charge is -2.09. The van der Waals surface area contributed by atoms with Crippen molar-refractivity contribution < 1.29 is 17.7 Å². The summed E-state index contributed by atoms with van der Waals surface area (Å²) in [5.74, 6) is -1.65. The van der Waals surface area contributed by atoms with E-state index in [-0.39, 0.29) is 12.1 Å². The van der Waals surface area contributed by atoms with Crippen LogP contribution in [-0.4, -0.2) is 16.1 Å². The fourth-order valence-corrected chi connectivity index (χ4v) is 2.56. The van der Waals surface area contributed by atoms with Crippen molar-refractivity contribution in [2.45, 2.75) is 6.42 Å². The number of aliphatic carboxylic acids is 1. The standard InChI is InChI=1S/C11H9F2NO2S/c12-17(13)7-9(14-10(17)11(15)16)6-8-4-2-1-3-5-8/h1-5,7H,6H2,(H,15,16). The Hall–Kier alpha value is -1.69. The lowest BCUT2D eigenvalue weighted by Crippen LogP contribution is -2.12. The van der Waals surface area contributed by atoms with Gasteiger partial charge in [0.25, 0.3) is 0 Å². The Morgan fingerprint density at radius 1 is 1.29 bits per heavy atom. The van der Waals surface area contributed by atoms with Crippen molar-refractivity contribution in [3.05, 3.63) is 47.0 Å². The summed E-state index contributed by atoms with van der Waals surface area (Å²) in [6, 6.07) is 8.96. The van der Waals surface area contributed by atoms with E-state index in [1.165, 1.54) is 0 Å². The van der Waals surface area contributed by atoms with Crippen molar-refractivity contribution in [2.24, 2.45) is 4.99 Å². The maximum Gasteiger partial charge on any atom is 0.364 e. The maximum absolute atomic E-state index is 13.3. The van der Waals surface area contributed by atoms with Crippen LogP contribution in [0, 0.1) is 0 Å². The molecule has 0 saturated heterocycles. The highest BCUT2D eigenvalue weighted by Crippen LogP contribution is 2.58. The zero-order valence-electron chi connectivity index (χ0n) is 8.64. The van der Waals surface area contributed by atoms with Gasteiger partial charge in [0, 0.05) is 11.8 Å². The van der Waals surface area contributed by atoms with E-state index in [4.69, 9.17) is 5.11 Å². The molecule has 0 fully saturated rings. The van der Waals surface area contributed by atoms with Gasteiger partial charge in [0.2, 0.25) is 5.04 Å². The minimum atomic E-state index is -4.37. The first-order valence-electron chi connectivity index (χ1n) is 4.78. The van der Waals surface area contributed by atoms with E-state index in [9.17, 15) is 12.6 Å². The van der Waals surface area contributed by atoms with Crippen LogP contribution in [0.3, 0.4) is 0 Å². The fraction of sp³-hybridized carbons (Fsp3) is 0.0909. The predicted molar refractivity (Wildman–Crippen MR) is 63.1 cm³/mol. The predicted octanol–water partition coefficient (Wildman–Crippen LogP) is 3.14. The van der Waals surface area contributed by atoms with Gasteiger partial charge in [-0.05, 0) is 5.56 Å². The van der Waals surface area contributed by atoms with Crippen LogP contribution in [0.2, 0.25) is 0 Å². The molecule has 1 aliphatic heterocycles. The maximum atomic E-state index is 13.3. The Bertz CT molecular complexity index is 511. The average Bonchev–Trinajstić information content (AvgIpc) is 2.55. The molecule has 2 rings (SSSR count). The smallest absolute Gasteiger partial charge is 0.364 e. The summed E-state index contributed by atoms with van der Waals surface area (Å²) >= 11 is 0. The second kappa shape index (κ2) is 4.29. The first kappa shape index (κ1) is 11.8. The largest absolute Gasteiger partial charge is 0.476 e. The number of allylic oxidation sites excluding steroid dienone is 1. The molecular weight excluding hydrogens is 248 g/mol. The Kier molecular flexibility index (Phi) is 2.97. The molecule has 1 N–H and O–H groups in total. The molecule has 0 unspecified atom stereocenters. The van der Waals surface area contributed by atoms with Gasteiger partial charge in [-0.1, -0.05) is 30.3 Å². The molecule has 0 aromatic heterocycles. The minimum absolute atomic E-state index is 0.119. The third kappa shape index (κ3) is 2.52. The summed E-state index contributed by atoms with van der Waals surface area (Å²) in [5, 5.41) is 8.27. The molecule has 6 heteroatoms. The molecule has 0 atom stereocenters. The fourth-order valence-electron chi connectivity index (χ4n) is 1.49. The number of benzene rings is 1. The van der Waals surface area contributed by atoms with Crippen LogP contribution >= 0.6 is 10.8 Å². The molecule has 0 amide bonds. The molecule has 1 heterocycles. The Balaban J connectivity index is 2.22. The molecule has 0 radical (unpaired) electrons. The topological polar surface area (TPSA) is 49.7 Å². The SMILES string of the molecule is O=C(O)C1=NC(Cc2ccccc2)=CS1(F)F. The van der Waals surface area contributed by atoms with Crippen molar-refractivity contribution in [1.29, 1.82) is 0 Å². The zero-order valence-corrected chi connectivity index (χ0v) is 9.45. The van der Waals surface area contributed by atoms with Gasteiger partial charge in [0.15, 0.2) is 0 Å². The summed E-state index contributed by atoms with van der Waals surface area (Å²) in [6.07, 6.45) is 0.222. The second-order valence-electron chi connectivity index (χ2n) is 3.50. The van der Waals surface area contributed by atoms with Gasteiger partial charge in [-0.25, -0.2) is 9.79 Å². The molecule has 1 aliphatic rings. The quantitative estimate of drug-likeness (QED) is 0.904. The van der Waals surface area contributed by atoms with E-state index in [1.807, 2.05) is 6.07 Å².